The maximum absolute atomic E-state index is 12.6. The molecule has 0 aliphatic heterocycles. The molecule has 0 aromatic heterocycles. The van der Waals surface area contributed by atoms with Crippen molar-refractivity contribution < 1.29 is 13.6 Å². The number of carbonyl (C=O) groups is 1. The number of nitrogens with zero attached hydrogens (tertiary/aromatic N) is 1. The van der Waals surface area contributed by atoms with E-state index in [2.05, 4.69) is 0 Å². The van der Waals surface area contributed by atoms with Crippen molar-refractivity contribution in [2.45, 2.75) is 18.7 Å². The van der Waals surface area contributed by atoms with Crippen molar-refractivity contribution >= 4 is 17.4 Å². The first-order valence-corrected chi connectivity index (χ1v) is 4.88. The molecular formula is C11H8ClF2NO. The van der Waals surface area contributed by atoms with E-state index in [1.54, 1.807) is 6.07 Å². The van der Waals surface area contributed by atoms with Gasteiger partial charge in [-0.15, -0.1) is 11.6 Å². The molecule has 84 valence electrons. The van der Waals surface area contributed by atoms with Crippen molar-refractivity contribution in [1.82, 2.24) is 0 Å². The van der Waals surface area contributed by atoms with Crippen LogP contribution in [-0.4, -0.2) is 5.78 Å². The van der Waals surface area contributed by atoms with Crippen molar-refractivity contribution in [3.63, 3.8) is 0 Å². The van der Waals surface area contributed by atoms with Gasteiger partial charge in [0.1, 0.15) is 5.38 Å². The smallest absolute Gasteiger partial charge is 0.265 e. The van der Waals surface area contributed by atoms with E-state index >= 15 is 0 Å². The molecule has 2 nitrogen and oxygen atoms in total. The second-order valence-electron chi connectivity index (χ2n) is 3.20. The Balaban J connectivity index is 3.36. The highest BCUT2D eigenvalue weighted by Gasteiger charge is 2.22. The van der Waals surface area contributed by atoms with Gasteiger partial charge in [-0.05, 0) is 12.5 Å². The van der Waals surface area contributed by atoms with E-state index in [4.69, 9.17) is 16.9 Å². The Morgan fingerprint density at radius 3 is 2.44 bits per heavy atom. The second kappa shape index (κ2) is 5.04. The van der Waals surface area contributed by atoms with Crippen LogP contribution in [0.2, 0.25) is 0 Å². The molecule has 5 heteroatoms. The topological polar surface area (TPSA) is 40.9 Å². The molecule has 0 radical (unpaired) electrons. The fourth-order valence-corrected chi connectivity index (χ4v) is 1.51. The minimum absolute atomic E-state index is 0.134. The van der Waals surface area contributed by atoms with Crippen LogP contribution in [0, 0.1) is 11.3 Å². The van der Waals surface area contributed by atoms with Crippen molar-refractivity contribution in [2.75, 3.05) is 0 Å². The standard InChI is InChI=1S/C11H8ClF2NO/c1-6(16)10(12)7-3-2-4-8(11(13)14)9(7)5-15/h2-4,10-11H,1H3. The van der Waals surface area contributed by atoms with E-state index in [-0.39, 0.29) is 16.9 Å². The quantitative estimate of drug-likeness (QED) is 0.764. The van der Waals surface area contributed by atoms with Crippen LogP contribution in [-0.2, 0) is 4.79 Å². The zero-order valence-corrected chi connectivity index (χ0v) is 9.13. The zero-order valence-electron chi connectivity index (χ0n) is 8.38. The molecular weight excluding hydrogens is 236 g/mol. The van der Waals surface area contributed by atoms with Crippen molar-refractivity contribution in [3.8, 4) is 6.07 Å². The first kappa shape index (κ1) is 12.6. The summed E-state index contributed by atoms with van der Waals surface area (Å²) in [5, 5.41) is 7.76. The van der Waals surface area contributed by atoms with E-state index in [9.17, 15) is 13.6 Å². The van der Waals surface area contributed by atoms with Crippen LogP contribution in [0.1, 0.15) is 35.4 Å². The van der Waals surface area contributed by atoms with Gasteiger partial charge in [0.2, 0.25) is 0 Å². The molecule has 1 rings (SSSR count). The summed E-state index contributed by atoms with van der Waals surface area (Å²) in [6.07, 6.45) is -2.76. The molecule has 1 unspecified atom stereocenters. The Kier molecular flexibility index (Phi) is 3.97. The summed E-state index contributed by atoms with van der Waals surface area (Å²) in [6.45, 7) is 1.24. The lowest BCUT2D eigenvalue weighted by molar-refractivity contribution is -0.116. The Bertz CT molecular complexity index is 454. The molecule has 16 heavy (non-hydrogen) atoms. The largest absolute Gasteiger partial charge is 0.298 e. The van der Waals surface area contributed by atoms with E-state index in [1.807, 2.05) is 0 Å². The summed E-state index contributed by atoms with van der Waals surface area (Å²) < 4.78 is 25.2. The van der Waals surface area contributed by atoms with E-state index in [1.165, 1.54) is 19.1 Å². The maximum atomic E-state index is 12.6. The maximum Gasteiger partial charge on any atom is 0.265 e. The van der Waals surface area contributed by atoms with Gasteiger partial charge < -0.3 is 0 Å². The van der Waals surface area contributed by atoms with Crippen LogP contribution in [0.4, 0.5) is 8.78 Å². The van der Waals surface area contributed by atoms with Gasteiger partial charge in [-0.3, -0.25) is 4.79 Å². The first-order chi connectivity index (χ1) is 7.49. The highest BCUT2D eigenvalue weighted by atomic mass is 35.5. The number of alkyl halides is 3. The van der Waals surface area contributed by atoms with Gasteiger partial charge in [-0.2, -0.15) is 5.26 Å². The summed E-state index contributed by atoms with van der Waals surface area (Å²) in [5.41, 5.74) is -0.478. The minimum Gasteiger partial charge on any atom is -0.298 e. The number of hydrogen-bond donors (Lipinski definition) is 0. The third-order valence-corrected chi connectivity index (χ3v) is 2.65. The van der Waals surface area contributed by atoms with E-state index in [0.29, 0.717) is 0 Å². The third kappa shape index (κ3) is 2.37. The molecule has 0 heterocycles. The second-order valence-corrected chi connectivity index (χ2v) is 3.63. The van der Waals surface area contributed by atoms with Crippen LogP contribution in [0.3, 0.4) is 0 Å². The van der Waals surface area contributed by atoms with Gasteiger partial charge in [0.25, 0.3) is 6.43 Å². The SMILES string of the molecule is CC(=O)C(Cl)c1cccc(C(F)F)c1C#N. The number of halogens is 3. The summed E-state index contributed by atoms with van der Waals surface area (Å²) in [7, 11) is 0. The molecule has 0 amide bonds. The van der Waals surface area contributed by atoms with Crippen molar-refractivity contribution in [1.29, 1.82) is 5.26 Å². The predicted molar refractivity (Wildman–Crippen MR) is 55.4 cm³/mol. The molecule has 1 atom stereocenters. The molecule has 0 bridgehead atoms. The molecule has 0 N–H and O–H groups in total. The number of benzene rings is 1. The lowest BCUT2D eigenvalue weighted by atomic mass is 9.98. The van der Waals surface area contributed by atoms with Crippen LogP contribution in [0.5, 0.6) is 0 Å². The summed E-state index contributed by atoms with van der Waals surface area (Å²) in [5.74, 6) is -0.385. The Labute approximate surface area is 96.4 Å². The molecule has 0 aliphatic rings. The molecule has 1 aromatic carbocycles. The van der Waals surface area contributed by atoms with Gasteiger partial charge >= 0.3 is 0 Å². The van der Waals surface area contributed by atoms with Gasteiger partial charge in [0.15, 0.2) is 5.78 Å². The zero-order chi connectivity index (χ0) is 12.3. The monoisotopic (exact) mass is 243 g/mol. The number of nitriles is 1. The highest BCUT2D eigenvalue weighted by Crippen LogP contribution is 2.31. The fraction of sp³-hybridized carbons (Fsp3) is 0.273. The fourth-order valence-electron chi connectivity index (χ4n) is 1.33. The number of ketones is 1. The molecule has 0 saturated carbocycles. The number of Topliss-reactive ketones (excluding diaryl/α,β-unsaturated/α-hetero) is 1. The van der Waals surface area contributed by atoms with E-state index < -0.39 is 17.4 Å². The van der Waals surface area contributed by atoms with Gasteiger partial charge in [-0.25, -0.2) is 8.78 Å². The van der Waals surface area contributed by atoms with Crippen LogP contribution >= 0.6 is 11.6 Å². The Morgan fingerprint density at radius 2 is 2.00 bits per heavy atom. The average molecular weight is 244 g/mol. The van der Waals surface area contributed by atoms with Crippen molar-refractivity contribution in [3.05, 3.63) is 34.9 Å². The Hall–Kier alpha value is -1.47. The molecule has 0 saturated heterocycles. The molecule has 1 aromatic rings. The first-order valence-electron chi connectivity index (χ1n) is 4.44. The predicted octanol–water partition coefficient (Wildman–Crippen LogP) is 3.36. The molecule has 0 aliphatic carbocycles. The molecule has 0 spiro atoms. The van der Waals surface area contributed by atoms with Crippen LogP contribution in [0.15, 0.2) is 18.2 Å². The number of rotatable bonds is 3. The lowest BCUT2D eigenvalue weighted by Gasteiger charge is -2.11. The number of carbonyl (C=O) groups excluding carboxylic acids is 1. The third-order valence-electron chi connectivity index (χ3n) is 2.11. The van der Waals surface area contributed by atoms with Gasteiger partial charge in [0, 0.05) is 5.56 Å². The van der Waals surface area contributed by atoms with E-state index in [0.717, 1.165) is 6.07 Å². The Morgan fingerprint density at radius 1 is 1.44 bits per heavy atom. The van der Waals surface area contributed by atoms with Crippen molar-refractivity contribution in [2.24, 2.45) is 0 Å². The van der Waals surface area contributed by atoms with Crippen LogP contribution < -0.4 is 0 Å². The minimum atomic E-state index is -2.76. The van der Waals surface area contributed by atoms with Gasteiger partial charge in [0.05, 0.1) is 11.6 Å². The van der Waals surface area contributed by atoms with Gasteiger partial charge in [-0.1, -0.05) is 18.2 Å². The number of hydrogen-bond acceptors (Lipinski definition) is 2. The molecule has 0 fully saturated rings. The highest BCUT2D eigenvalue weighted by molar-refractivity contribution is 6.31. The lowest BCUT2D eigenvalue weighted by Crippen LogP contribution is -2.06. The normalized spacial score (nSPS) is 12.2. The summed E-state index contributed by atoms with van der Waals surface area (Å²) >= 11 is 5.76. The van der Waals surface area contributed by atoms with Crippen LogP contribution in [0.25, 0.3) is 0 Å². The summed E-state index contributed by atoms with van der Waals surface area (Å²) in [4.78, 5) is 11.1. The summed E-state index contributed by atoms with van der Waals surface area (Å²) in [6, 6.07) is 5.58. The average Bonchev–Trinajstić information content (AvgIpc) is 2.26.